The molecule has 7 aromatic carbocycles. The molecule has 0 aliphatic carbocycles. The number of hydrogen-bond donors (Lipinski definition) is 0. The minimum Gasteiger partial charge on any atom is -0.247 e. The first kappa shape index (κ1) is 31.0. The number of nitrogens with zero attached hydrogens (tertiary/aromatic N) is 3. The average Bonchev–Trinajstić information content (AvgIpc) is 3.64. The first-order chi connectivity index (χ1) is 26.3. The Balaban J connectivity index is 1.09. The van der Waals surface area contributed by atoms with Gasteiger partial charge in [0.15, 0.2) is 5.82 Å². The molecule has 10 rings (SSSR count). The number of fused-ring (bicyclic) bond motifs is 5. The second-order valence-corrected chi connectivity index (χ2v) is 14.2. The molecule has 0 fully saturated rings. The summed E-state index contributed by atoms with van der Waals surface area (Å²) in [6.07, 6.45) is 0. The largest absolute Gasteiger partial charge is 0.247 e. The third-order valence-corrected chi connectivity index (χ3v) is 11.1. The van der Waals surface area contributed by atoms with Crippen LogP contribution in [0.1, 0.15) is 0 Å². The van der Waals surface area contributed by atoms with Gasteiger partial charge in [-0.05, 0) is 40.5 Å². The van der Waals surface area contributed by atoms with Gasteiger partial charge < -0.3 is 0 Å². The van der Waals surface area contributed by atoms with Crippen molar-refractivity contribution in [2.45, 2.75) is 0 Å². The van der Waals surface area contributed by atoms with E-state index in [2.05, 4.69) is 164 Å². The predicted octanol–water partition coefficient (Wildman–Crippen LogP) is 13.4. The monoisotopic (exact) mass is 693 g/mol. The molecule has 0 saturated heterocycles. The molecule has 4 heteroatoms. The average molecular weight is 694 g/mol. The third-order valence-electron chi connectivity index (χ3n) is 9.92. The zero-order valence-electron chi connectivity index (χ0n) is 28.6. The Bertz CT molecular complexity index is 2900. The molecule has 0 aliphatic rings. The third kappa shape index (κ3) is 5.66. The molecule has 0 aliphatic heterocycles. The normalized spacial score (nSPS) is 11.4. The van der Waals surface area contributed by atoms with Crippen molar-refractivity contribution in [1.29, 1.82) is 0 Å². The lowest BCUT2D eigenvalue weighted by atomic mass is 9.96. The topological polar surface area (TPSA) is 38.7 Å². The number of aromatic nitrogens is 3. The van der Waals surface area contributed by atoms with E-state index in [1.54, 1.807) is 0 Å². The van der Waals surface area contributed by atoms with E-state index in [0.29, 0.717) is 5.82 Å². The van der Waals surface area contributed by atoms with E-state index >= 15 is 0 Å². The van der Waals surface area contributed by atoms with Gasteiger partial charge in [-0.15, -0.1) is 11.3 Å². The van der Waals surface area contributed by atoms with Crippen LogP contribution in [0.15, 0.2) is 188 Å². The highest BCUT2D eigenvalue weighted by Crippen LogP contribution is 2.45. The quantitative estimate of drug-likeness (QED) is 0.174. The first-order valence-electron chi connectivity index (χ1n) is 17.8. The molecule has 0 atom stereocenters. The van der Waals surface area contributed by atoms with Crippen LogP contribution in [0.5, 0.6) is 0 Å². The molecule has 248 valence electrons. The molecule has 3 nitrogen and oxygen atoms in total. The maximum atomic E-state index is 5.34. The molecule has 0 amide bonds. The molecule has 0 saturated carbocycles. The van der Waals surface area contributed by atoms with Crippen LogP contribution in [0.3, 0.4) is 0 Å². The fourth-order valence-electron chi connectivity index (χ4n) is 7.29. The molecular weight excluding hydrogens is 663 g/mol. The van der Waals surface area contributed by atoms with E-state index < -0.39 is 0 Å². The summed E-state index contributed by atoms with van der Waals surface area (Å²) >= 11 is 1.85. The Labute approximate surface area is 311 Å². The van der Waals surface area contributed by atoms with E-state index in [1.165, 1.54) is 42.2 Å². The van der Waals surface area contributed by atoms with Gasteiger partial charge in [0, 0.05) is 47.8 Å². The van der Waals surface area contributed by atoms with Crippen LogP contribution < -0.4 is 0 Å². The summed E-state index contributed by atoms with van der Waals surface area (Å²) in [7, 11) is 0. The second kappa shape index (κ2) is 13.1. The standard InChI is InChI=1S/C49H31N3S/c1-4-13-32(14-5-1)33-23-27-35(28-24-33)42-31-43(52-49(51-42)38-17-8-3-9-18-38)36-29-25-34(26-30-36)39-20-12-21-41-45(39)48-46(40-19-10-11-22-44(40)53-48)47(50-41)37-15-6-2-7-16-37/h1-31H. The molecule has 3 heterocycles. The molecule has 0 unspecified atom stereocenters. The Morgan fingerprint density at radius 3 is 1.55 bits per heavy atom. The summed E-state index contributed by atoms with van der Waals surface area (Å²) in [4.78, 5) is 15.5. The van der Waals surface area contributed by atoms with Gasteiger partial charge in [-0.3, -0.25) is 0 Å². The fraction of sp³-hybridized carbons (Fsp3) is 0. The van der Waals surface area contributed by atoms with Crippen molar-refractivity contribution in [3.05, 3.63) is 188 Å². The summed E-state index contributed by atoms with van der Waals surface area (Å²) in [6.45, 7) is 0. The van der Waals surface area contributed by atoms with Crippen molar-refractivity contribution >= 4 is 42.4 Å². The minimum absolute atomic E-state index is 0.704. The fourth-order valence-corrected chi connectivity index (χ4v) is 8.57. The highest BCUT2D eigenvalue weighted by Gasteiger charge is 2.19. The lowest BCUT2D eigenvalue weighted by Gasteiger charge is -2.13. The van der Waals surface area contributed by atoms with Crippen molar-refractivity contribution in [2.24, 2.45) is 0 Å². The molecule has 0 N–H and O–H groups in total. The minimum atomic E-state index is 0.704. The van der Waals surface area contributed by atoms with Crippen LogP contribution in [0.4, 0.5) is 0 Å². The maximum Gasteiger partial charge on any atom is 0.160 e. The smallest absolute Gasteiger partial charge is 0.160 e. The lowest BCUT2D eigenvalue weighted by molar-refractivity contribution is 1.18. The summed E-state index contributed by atoms with van der Waals surface area (Å²) < 4.78 is 2.53. The van der Waals surface area contributed by atoms with Crippen molar-refractivity contribution in [3.8, 4) is 67.4 Å². The van der Waals surface area contributed by atoms with Crippen LogP contribution in [0.25, 0.3) is 98.5 Å². The van der Waals surface area contributed by atoms with E-state index in [1.807, 2.05) is 35.6 Å². The first-order valence-corrected chi connectivity index (χ1v) is 18.6. The molecule has 3 aromatic heterocycles. The molecule has 0 spiro atoms. The Morgan fingerprint density at radius 1 is 0.358 bits per heavy atom. The van der Waals surface area contributed by atoms with E-state index in [-0.39, 0.29) is 0 Å². The number of rotatable bonds is 6. The zero-order valence-corrected chi connectivity index (χ0v) is 29.5. The van der Waals surface area contributed by atoms with Gasteiger partial charge in [-0.2, -0.15) is 0 Å². The van der Waals surface area contributed by atoms with Gasteiger partial charge in [0.25, 0.3) is 0 Å². The molecule has 10 aromatic rings. The molecular formula is C49H31N3S. The van der Waals surface area contributed by atoms with Crippen molar-refractivity contribution in [3.63, 3.8) is 0 Å². The van der Waals surface area contributed by atoms with Crippen LogP contribution in [0, 0.1) is 0 Å². The second-order valence-electron chi connectivity index (χ2n) is 13.2. The van der Waals surface area contributed by atoms with Crippen molar-refractivity contribution < 1.29 is 0 Å². The van der Waals surface area contributed by atoms with Crippen LogP contribution >= 0.6 is 11.3 Å². The number of hydrogen-bond acceptors (Lipinski definition) is 4. The summed E-state index contributed by atoms with van der Waals surface area (Å²) in [5, 5.41) is 3.65. The van der Waals surface area contributed by atoms with Crippen molar-refractivity contribution in [2.75, 3.05) is 0 Å². The SMILES string of the molecule is c1ccc(-c2ccc(-c3cc(-c4ccc(-c5cccc6nc(-c7ccccc7)c7c8ccccc8sc7c56)cc4)nc(-c4ccccc4)n3)cc2)cc1. The highest BCUT2D eigenvalue weighted by molar-refractivity contribution is 7.26. The predicted molar refractivity (Wildman–Crippen MR) is 223 cm³/mol. The Kier molecular flexibility index (Phi) is 7.67. The van der Waals surface area contributed by atoms with Gasteiger partial charge >= 0.3 is 0 Å². The molecule has 53 heavy (non-hydrogen) atoms. The number of pyridine rings is 1. The molecule has 0 radical (unpaired) electrons. The van der Waals surface area contributed by atoms with Gasteiger partial charge in [0.1, 0.15) is 0 Å². The number of benzene rings is 7. The van der Waals surface area contributed by atoms with Gasteiger partial charge in [0.05, 0.1) is 22.6 Å². The van der Waals surface area contributed by atoms with Crippen LogP contribution in [0.2, 0.25) is 0 Å². The zero-order chi connectivity index (χ0) is 35.1. The Morgan fingerprint density at radius 2 is 0.887 bits per heavy atom. The van der Waals surface area contributed by atoms with Crippen LogP contribution in [-0.4, -0.2) is 15.0 Å². The van der Waals surface area contributed by atoms with Crippen LogP contribution in [-0.2, 0) is 0 Å². The van der Waals surface area contributed by atoms with Crippen molar-refractivity contribution in [1.82, 2.24) is 15.0 Å². The van der Waals surface area contributed by atoms with Gasteiger partial charge in [-0.25, -0.2) is 15.0 Å². The van der Waals surface area contributed by atoms with E-state index in [9.17, 15) is 0 Å². The molecule has 0 bridgehead atoms. The maximum absolute atomic E-state index is 5.34. The summed E-state index contributed by atoms with van der Waals surface area (Å²) in [5.74, 6) is 0.704. The highest BCUT2D eigenvalue weighted by atomic mass is 32.1. The van der Waals surface area contributed by atoms with E-state index in [0.717, 1.165) is 50.4 Å². The van der Waals surface area contributed by atoms with E-state index in [4.69, 9.17) is 15.0 Å². The lowest BCUT2D eigenvalue weighted by Crippen LogP contribution is -1.96. The summed E-state index contributed by atoms with van der Waals surface area (Å²) in [5.41, 5.74) is 12.7. The number of thiophene rings is 1. The Hall–Kier alpha value is -6.75. The van der Waals surface area contributed by atoms with Gasteiger partial charge in [0.2, 0.25) is 0 Å². The summed E-state index contributed by atoms with van der Waals surface area (Å²) in [6, 6.07) is 65.9. The van der Waals surface area contributed by atoms with Gasteiger partial charge in [-0.1, -0.05) is 170 Å².